The maximum atomic E-state index is 12.2. The molecule has 5 heteroatoms. The number of carbonyl (C=O) groups is 2. The number of anilines is 1. The van der Waals surface area contributed by atoms with E-state index in [1.165, 1.54) is 6.07 Å². The molecule has 0 atom stereocenters. The molecule has 1 aromatic carbocycles. The van der Waals surface area contributed by atoms with E-state index >= 15 is 0 Å². The van der Waals surface area contributed by atoms with Gasteiger partial charge in [-0.3, -0.25) is 9.59 Å². The lowest BCUT2D eigenvalue weighted by atomic mass is 10.1. The molecule has 0 saturated heterocycles. The predicted molar refractivity (Wildman–Crippen MR) is 54.1 cm³/mol. The van der Waals surface area contributed by atoms with Crippen molar-refractivity contribution in [3.05, 3.63) is 28.8 Å². The number of alkyl halides is 1. The molecule has 1 aliphatic heterocycles. The second-order valence-corrected chi connectivity index (χ2v) is 3.52. The quantitative estimate of drug-likeness (QED) is 0.723. The van der Waals surface area contributed by atoms with E-state index in [-0.39, 0.29) is 12.1 Å². The van der Waals surface area contributed by atoms with E-state index in [4.69, 9.17) is 11.6 Å². The van der Waals surface area contributed by atoms with Crippen LogP contribution in [0.2, 0.25) is 5.02 Å². The molecule has 1 aromatic rings. The summed E-state index contributed by atoms with van der Waals surface area (Å²) in [6, 6.07) is 4.67. The van der Waals surface area contributed by atoms with Crippen LogP contribution in [0.1, 0.15) is 10.4 Å². The van der Waals surface area contributed by atoms with Crippen LogP contribution >= 0.6 is 11.6 Å². The highest BCUT2D eigenvalue weighted by Crippen LogP contribution is 2.35. The number of hydrogen-bond donors (Lipinski definition) is 0. The molecule has 2 rings (SSSR count). The second kappa shape index (κ2) is 3.62. The predicted octanol–water partition coefficient (Wildman–Crippen LogP) is 1.84. The first-order valence-electron chi connectivity index (χ1n) is 4.37. The van der Waals surface area contributed by atoms with Gasteiger partial charge in [-0.05, 0) is 12.1 Å². The van der Waals surface area contributed by atoms with Gasteiger partial charge in [-0.25, -0.2) is 4.39 Å². The minimum atomic E-state index is -0.712. The highest BCUT2D eigenvalue weighted by Gasteiger charge is 2.36. The standard InChI is InChI=1S/C10H7ClFNO2/c11-7-3-1-2-6-8(7)13(5-4-12)10(15)9(6)14/h1-3H,4-5H2. The van der Waals surface area contributed by atoms with Gasteiger partial charge in [0.15, 0.2) is 0 Å². The van der Waals surface area contributed by atoms with E-state index in [2.05, 4.69) is 0 Å². The topological polar surface area (TPSA) is 37.4 Å². The zero-order valence-corrected chi connectivity index (χ0v) is 8.42. The molecular formula is C10H7ClFNO2. The number of para-hydroxylation sites is 1. The number of carbonyl (C=O) groups excluding carboxylic acids is 2. The molecule has 0 unspecified atom stereocenters. The summed E-state index contributed by atoms with van der Waals surface area (Å²) in [6.07, 6.45) is 0. The largest absolute Gasteiger partial charge is 0.301 e. The van der Waals surface area contributed by atoms with Gasteiger partial charge in [0.25, 0.3) is 11.7 Å². The Balaban J connectivity index is 2.56. The first-order valence-corrected chi connectivity index (χ1v) is 4.75. The van der Waals surface area contributed by atoms with Gasteiger partial charge in [-0.2, -0.15) is 0 Å². The van der Waals surface area contributed by atoms with Crippen molar-refractivity contribution in [2.24, 2.45) is 0 Å². The summed E-state index contributed by atoms with van der Waals surface area (Å²) in [5.41, 5.74) is 0.577. The Bertz CT molecular complexity index is 447. The fourth-order valence-electron chi connectivity index (χ4n) is 1.61. The molecule has 78 valence electrons. The summed E-state index contributed by atoms with van der Waals surface area (Å²) >= 11 is 5.86. The first-order chi connectivity index (χ1) is 7.16. The lowest BCUT2D eigenvalue weighted by Gasteiger charge is -2.15. The van der Waals surface area contributed by atoms with Crippen molar-refractivity contribution in [2.45, 2.75) is 0 Å². The van der Waals surface area contributed by atoms with Crippen molar-refractivity contribution in [2.75, 3.05) is 18.1 Å². The monoisotopic (exact) mass is 227 g/mol. The molecule has 0 aliphatic carbocycles. The van der Waals surface area contributed by atoms with Gasteiger partial charge in [0.2, 0.25) is 0 Å². The van der Waals surface area contributed by atoms with Gasteiger partial charge >= 0.3 is 0 Å². The Labute approximate surface area is 90.4 Å². The Morgan fingerprint density at radius 3 is 2.73 bits per heavy atom. The number of nitrogens with zero attached hydrogens (tertiary/aromatic N) is 1. The minimum Gasteiger partial charge on any atom is -0.301 e. The number of Topliss-reactive ketones (excluding diaryl/α,β-unsaturated/α-hetero) is 1. The molecule has 0 aromatic heterocycles. The summed E-state index contributed by atoms with van der Waals surface area (Å²) in [6.45, 7) is -0.842. The maximum absolute atomic E-state index is 12.2. The van der Waals surface area contributed by atoms with Crippen molar-refractivity contribution in [1.29, 1.82) is 0 Å². The van der Waals surface area contributed by atoms with Gasteiger partial charge < -0.3 is 4.90 Å². The normalized spacial score (nSPS) is 14.7. The summed E-state index contributed by atoms with van der Waals surface area (Å²) in [7, 11) is 0. The van der Waals surface area contributed by atoms with Crippen LogP contribution in [0, 0.1) is 0 Å². The first kappa shape index (κ1) is 10.1. The van der Waals surface area contributed by atoms with Crippen LogP contribution in [0.4, 0.5) is 10.1 Å². The summed E-state index contributed by atoms with van der Waals surface area (Å²) in [4.78, 5) is 24.0. The number of halogens is 2. The smallest absolute Gasteiger partial charge is 0.299 e. The number of ketones is 1. The van der Waals surface area contributed by atoms with Crippen molar-refractivity contribution < 1.29 is 14.0 Å². The Kier molecular flexibility index (Phi) is 2.44. The number of rotatable bonds is 2. The van der Waals surface area contributed by atoms with Gasteiger partial charge in [-0.1, -0.05) is 17.7 Å². The Morgan fingerprint density at radius 2 is 2.07 bits per heavy atom. The van der Waals surface area contributed by atoms with Crippen LogP contribution in [0.15, 0.2) is 18.2 Å². The van der Waals surface area contributed by atoms with Crippen LogP contribution < -0.4 is 4.90 Å². The molecule has 1 aliphatic rings. The molecule has 0 N–H and O–H groups in total. The third-order valence-corrected chi connectivity index (χ3v) is 2.55. The minimum absolute atomic E-state index is 0.138. The van der Waals surface area contributed by atoms with Crippen molar-refractivity contribution in [3.63, 3.8) is 0 Å². The van der Waals surface area contributed by atoms with E-state index < -0.39 is 18.4 Å². The average molecular weight is 228 g/mol. The molecule has 3 nitrogen and oxygen atoms in total. The van der Waals surface area contributed by atoms with E-state index in [0.29, 0.717) is 10.7 Å². The lowest BCUT2D eigenvalue weighted by Crippen LogP contribution is -2.31. The van der Waals surface area contributed by atoms with Gasteiger partial charge in [0.1, 0.15) is 6.67 Å². The highest BCUT2D eigenvalue weighted by molar-refractivity contribution is 6.54. The zero-order chi connectivity index (χ0) is 11.0. The van der Waals surface area contributed by atoms with Crippen molar-refractivity contribution >= 4 is 29.0 Å². The van der Waals surface area contributed by atoms with Crippen LogP contribution in [0.3, 0.4) is 0 Å². The SMILES string of the molecule is O=C1C(=O)N(CCF)c2c(Cl)cccc21. The third kappa shape index (κ3) is 1.41. The average Bonchev–Trinajstić information content (AvgIpc) is 2.46. The molecule has 0 spiro atoms. The molecule has 1 amide bonds. The Morgan fingerprint density at radius 1 is 1.33 bits per heavy atom. The van der Waals surface area contributed by atoms with Crippen LogP contribution in [0.5, 0.6) is 0 Å². The summed E-state index contributed by atoms with van der Waals surface area (Å²) in [5.74, 6) is -1.34. The van der Waals surface area contributed by atoms with E-state index in [1.807, 2.05) is 0 Å². The molecular weight excluding hydrogens is 221 g/mol. The summed E-state index contributed by atoms with van der Waals surface area (Å²) in [5, 5.41) is 0.292. The third-order valence-electron chi connectivity index (χ3n) is 2.25. The molecule has 1 heterocycles. The number of benzene rings is 1. The molecule has 0 saturated carbocycles. The fourth-order valence-corrected chi connectivity index (χ4v) is 1.89. The van der Waals surface area contributed by atoms with Crippen molar-refractivity contribution in [3.8, 4) is 0 Å². The molecule has 0 fully saturated rings. The highest BCUT2D eigenvalue weighted by atomic mass is 35.5. The molecule has 0 radical (unpaired) electrons. The maximum Gasteiger partial charge on any atom is 0.299 e. The number of hydrogen-bond acceptors (Lipinski definition) is 2. The number of fused-ring (bicyclic) bond motifs is 1. The van der Waals surface area contributed by atoms with Crippen molar-refractivity contribution in [1.82, 2.24) is 0 Å². The van der Waals surface area contributed by atoms with E-state index in [1.54, 1.807) is 12.1 Å². The Hall–Kier alpha value is -1.42. The van der Waals surface area contributed by atoms with Crippen LogP contribution in [0.25, 0.3) is 0 Å². The zero-order valence-electron chi connectivity index (χ0n) is 7.67. The van der Waals surface area contributed by atoms with Gasteiger partial charge in [-0.15, -0.1) is 0 Å². The second-order valence-electron chi connectivity index (χ2n) is 3.11. The molecule has 0 bridgehead atoms. The summed E-state index contributed by atoms with van der Waals surface area (Å²) < 4.78 is 12.2. The van der Waals surface area contributed by atoms with E-state index in [0.717, 1.165) is 4.90 Å². The van der Waals surface area contributed by atoms with E-state index in [9.17, 15) is 14.0 Å². The molecule has 15 heavy (non-hydrogen) atoms. The van der Waals surface area contributed by atoms with Crippen LogP contribution in [-0.2, 0) is 4.79 Å². The van der Waals surface area contributed by atoms with Gasteiger partial charge in [0.05, 0.1) is 22.8 Å². The van der Waals surface area contributed by atoms with Gasteiger partial charge in [0, 0.05) is 0 Å². The van der Waals surface area contributed by atoms with Crippen LogP contribution in [-0.4, -0.2) is 24.9 Å². The fraction of sp³-hybridized carbons (Fsp3) is 0.200. The lowest BCUT2D eigenvalue weighted by molar-refractivity contribution is -0.114. The number of amides is 1.